The lowest BCUT2D eigenvalue weighted by Gasteiger charge is -2.14. The molecule has 0 aliphatic rings. The van der Waals surface area contributed by atoms with E-state index in [4.69, 9.17) is 0 Å². The first-order chi connectivity index (χ1) is 13.0. The highest BCUT2D eigenvalue weighted by atomic mass is 127. The summed E-state index contributed by atoms with van der Waals surface area (Å²) in [5, 5.41) is 12.2. The first-order valence-corrected chi connectivity index (χ1v) is 10.7. The average molecular weight is 492 g/mol. The number of amides is 1. The Labute approximate surface area is 177 Å². The Morgan fingerprint density at radius 1 is 1.19 bits per heavy atom. The van der Waals surface area contributed by atoms with Gasteiger partial charge in [-0.2, -0.15) is 0 Å². The number of hydrogen-bond donors (Lipinski definition) is 1. The molecule has 0 spiro atoms. The lowest BCUT2D eigenvalue weighted by molar-refractivity contribution is -0.113. The molecular formula is C20H21IN4OS. The van der Waals surface area contributed by atoms with Crippen molar-refractivity contribution >= 4 is 45.9 Å². The molecule has 0 aliphatic heterocycles. The molecule has 0 saturated carbocycles. The maximum absolute atomic E-state index is 12.4. The molecule has 0 aliphatic carbocycles. The fraction of sp³-hybridized carbons (Fsp3) is 0.250. The van der Waals surface area contributed by atoms with E-state index in [-0.39, 0.29) is 11.7 Å². The van der Waals surface area contributed by atoms with Crippen LogP contribution in [0.3, 0.4) is 0 Å². The van der Waals surface area contributed by atoms with Crippen molar-refractivity contribution in [2.45, 2.75) is 24.9 Å². The number of anilines is 1. The molecular weight excluding hydrogens is 471 g/mol. The minimum atomic E-state index is -0.0487. The summed E-state index contributed by atoms with van der Waals surface area (Å²) in [6.45, 7) is 4.25. The van der Waals surface area contributed by atoms with E-state index < -0.39 is 0 Å². The Balaban J connectivity index is 1.66. The molecule has 0 saturated heterocycles. The number of aromatic nitrogens is 3. The van der Waals surface area contributed by atoms with E-state index in [0.717, 1.165) is 31.4 Å². The normalized spacial score (nSPS) is 11.0. The van der Waals surface area contributed by atoms with Gasteiger partial charge < -0.3 is 9.88 Å². The molecule has 7 heteroatoms. The van der Waals surface area contributed by atoms with Crippen LogP contribution in [-0.2, 0) is 11.8 Å². The van der Waals surface area contributed by atoms with Crippen molar-refractivity contribution in [1.82, 2.24) is 14.8 Å². The van der Waals surface area contributed by atoms with Crippen LogP contribution in [0.5, 0.6) is 0 Å². The van der Waals surface area contributed by atoms with E-state index in [1.165, 1.54) is 11.8 Å². The molecule has 1 heterocycles. The Morgan fingerprint density at radius 3 is 2.63 bits per heavy atom. The summed E-state index contributed by atoms with van der Waals surface area (Å²) in [5.41, 5.74) is 3.02. The molecule has 1 amide bonds. The van der Waals surface area contributed by atoms with Crippen LogP contribution in [0.4, 0.5) is 5.69 Å². The van der Waals surface area contributed by atoms with Crippen molar-refractivity contribution in [3.63, 3.8) is 0 Å². The molecule has 0 radical (unpaired) electrons. The summed E-state index contributed by atoms with van der Waals surface area (Å²) in [4.78, 5) is 12.4. The molecule has 0 unspecified atom stereocenters. The summed E-state index contributed by atoms with van der Waals surface area (Å²) in [7, 11) is 1.92. The minimum absolute atomic E-state index is 0.0487. The van der Waals surface area contributed by atoms with Crippen molar-refractivity contribution in [3.8, 4) is 11.4 Å². The molecule has 1 N–H and O–H groups in total. The topological polar surface area (TPSA) is 59.8 Å². The fourth-order valence-corrected chi connectivity index (χ4v) is 3.95. The summed E-state index contributed by atoms with van der Waals surface area (Å²) < 4.78 is 3.08. The average Bonchev–Trinajstić information content (AvgIpc) is 3.02. The number of hydrogen-bond acceptors (Lipinski definition) is 4. The number of thioether (sulfide) groups is 1. The van der Waals surface area contributed by atoms with Crippen molar-refractivity contribution in [2.75, 3.05) is 11.1 Å². The molecule has 3 rings (SSSR count). The van der Waals surface area contributed by atoms with Crippen molar-refractivity contribution in [1.29, 1.82) is 0 Å². The van der Waals surface area contributed by atoms with Crippen LogP contribution < -0.4 is 5.32 Å². The van der Waals surface area contributed by atoms with E-state index in [0.29, 0.717) is 5.92 Å². The fourth-order valence-electron chi connectivity index (χ4n) is 2.72. The second kappa shape index (κ2) is 8.88. The van der Waals surface area contributed by atoms with Crippen molar-refractivity contribution < 1.29 is 4.79 Å². The van der Waals surface area contributed by atoms with Gasteiger partial charge in [0.25, 0.3) is 0 Å². The number of nitrogens with one attached hydrogen (secondary N) is 1. The highest BCUT2D eigenvalue weighted by Gasteiger charge is 2.14. The summed E-state index contributed by atoms with van der Waals surface area (Å²) >= 11 is 3.67. The zero-order chi connectivity index (χ0) is 19.4. The van der Waals surface area contributed by atoms with Crippen molar-refractivity contribution in [2.24, 2.45) is 7.05 Å². The highest BCUT2D eigenvalue weighted by molar-refractivity contribution is 14.1. The third kappa shape index (κ3) is 4.90. The SMILES string of the molecule is CC(C)c1cc(I)ccc1NC(=O)CSc1nnc(-c2ccccc2)n1C. The van der Waals surface area contributed by atoms with Gasteiger partial charge in [0.15, 0.2) is 11.0 Å². The van der Waals surface area contributed by atoms with Gasteiger partial charge in [0, 0.05) is 21.9 Å². The molecule has 1 aromatic heterocycles. The van der Waals surface area contributed by atoms with Crippen LogP contribution in [0, 0.1) is 3.57 Å². The number of carbonyl (C=O) groups excluding carboxylic acids is 1. The van der Waals surface area contributed by atoms with Crippen LogP contribution in [0.1, 0.15) is 25.3 Å². The lowest BCUT2D eigenvalue weighted by atomic mass is 10.0. The van der Waals surface area contributed by atoms with Gasteiger partial charge in [-0.25, -0.2) is 0 Å². The minimum Gasteiger partial charge on any atom is -0.325 e. The van der Waals surface area contributed by atoms with Crippen LogP contribution >= 0.6 is 34.4 Å². The van der Waals surface area contributed by atoms with Gasteiger partial charge in [-0.3, -0.25) is 4.79 Å². The largest absolute Gasteiger partial charge is 0.325 e. The molecule has 0 fully saturated rings. The third-order valence-electron chi connectivity index (χ3n) is 4.11. The van der Waals surface area contributed by atoms with Crippen LogP contribution in [0.15, 0.2) is 53.7 Å². The molecule has 5 nitrogen and oxygen atoms in total. The summed E-state index contributed by atoms with van der Waals surface area (Å²) in [6, 6.07) is 16.0. The van der Waals surface area contributed by atoms with Gasteiger partial charge in [0.2, 0.25) is 5.91 Å². The number of halogens is 1. The molecule has 27 heavy (non-hydrogen) atoms. The highest BCUT2D eigenvalue weighted by Crippen LogP contribution is 2.27. The number of nitrogens with zero attached hydrogens (tertiary/aromatic N) is 3. The number of carbonyl (C=O) groups is 1. The second-order valence-corrected chi connectivity index (χ2v) is 8.64. The quantitative estimate of drug-likeness (QED) is 0.391. The van der Waals surface area contributed by atoms with Gasteiger partial charge >= 0.3 is 0 Å². The van der Waals surface area contributed by atoms with E-state index in [9.17, 15) is 4.79 Å². The van der Waals surface area contributed by atoms with Crippen molar-refractivity contribution in [3.05, 3.63) is 57.7 Å². The molecule has 3 aromatic rings. The van der Waals surface area contributed by atoms with E-state index in [1.54, 1.807) is 0 Å². The van der Waals surface area contributed by atoms with Gasteiger partial charge in [-0.05, 0) is 52.3 Å². The Hall–Kier alpha value is -1.87. The van der Waals surface area contributed by atoms with Crippen LogP contribution in [0.2, 0.25) is 0 Å². The molecule has 0 bridgehead atoms. The van der Waals surface area contributed by atoms with Gasteiger partial charge in [0.05, 0.1) is 5.75 Å². The van der Waals surface area contributed by atoms with Crippen LogP contribution in [-0.4, -0.2) is 26.4 Å². The molecule has 0 atom stereocenters. The lowest BCUT2D eigenvalue weighted by Crippen LogP contribution is -2.16. The maximum atomic E-state index is 12.4. The van der Waals surface area contributed by atoms with Crippen LogP contribution in [0.25, 0.3) is 11.4 Å². The maximum Gasteiger partial charge on any atom is 0.234 e. The summed E-state index contributed by atoms with van der Waals surface area (Å²) in [5.74, 6) is 1.37. The monoisotopic (exact) mass is 492 g/mol. The first-order valence-electron chi connectivity index (χ1n) is 8.62. The smallest absolute Gasteiger partial charge is 0.234 e. The standard InChI is InChI=1S/C20H21IN4OS/c1-13(2)16-11-15(21)9-10-17(16)22-18(26)12-27-20-24-23-19(25(20)3)14-7-5-4-6-8-14/h4-11,13H,12H2,1-3H3,(H,22,26). The second-order valence-electron chi connectivity index (χ2n) is 6.45. The zero-order valence-electron chi connectivity index (χ0n) is 15.4. The summed E-state index contributed by atoms with van der Waals surface area (Å²) in [6.07, 6.45) is 0. The number of rotatable bonds is 6. The Bertz CT molecular complexity index is 940. The van der Waals surface area contributed by atoms with Gasteiger partial charge in [-0.1, -0.05) is 55.9 Å². The molecule has 140 valence electrons. The number of benzene rings is 2. The first kappa shape index (κ1) is 19.9. The van der Waals surface area contributed by atoms with E-state index in [1.807, 2.05) is 54.1 Å². The van der Waals surface area contributed by atoms with E-state index >= 15 is 0 Å². The Morgan fingerprint density at radius 2 is 1.93 bits per heavy atom. The molecule has 2 aromatic carbocycles. The van der Waals surface area contributed by atoms with Gasteiger partial charge in [0.1, 0.15) is 0 Å². The third-order valence-corrected chi connectivity index (χ3v) is 5.80. The van der Waals surface area contributed by atoms with E-state index in [2.05, 4.69) is 58.0 Å². The predicted molar refractivity (Wildman–Crippen MR) is 119 cm³/mol. The Kier molecular flexibility index (Phi) is 6.54. The zero-order valence-corrected chi connectivity index (χ0v) is 18.4. The predicted octanol–water partition coefficient (Wildman–Crippen LogP) is 4.94. The van der Waals surface area contributed by atoms with Gasteiger partial charge in [-0.15, -0.1) is 10.2 Å².